The van der Waals surface area contributed by atoms with Crippen LogP contribution in [0.3, 0.4) is 0 Å². The fourth-order valence-corrected chi connectivity index (χ4v) is 1.06. The highest BCUT2D eigenvalue weighted by Gasteiger charge is 2.20. The van der Waals surface area contributed by atoms with Gasteiger partial charge in [0.25, 0.3) is 5.91 Å². The maximum atomic E-state index is 10.8. The Bertz CT molecular complexity index is 347. The summed E-state index contributed by atoms with van der Waals surface area (Å²) < 4.78 is 0.945. The van der Waals surface area contributed by atoms with E-state index in [-0.39, 0.29) is 29.5 Å². The van der Waals surface area contributed by atoms with Crippen LogP contribution >= 0.6 is 0 Å². The van der Waals surface area contributed by atoms with Crippen molar-refractivity contribution in [1.29, 1.82) is 0 Å². The van der Waals surface area contributed by atoms with Gasteiger partial charge in [-0.15, -0.1) is 0 Å². The number of pyridine rings is 1. The Balaban J connectivity index is 0.00000169. The molecule has 1 aromatic rings. The molecule has 1 rings (SSSR count). The van der Waals surface area contributed by atoms with Gasteiger partial charge in [-0.1, -0.05) is 4.57 Å². The number of primary amides is 1. The minimum absolute atomic E-state index is 0. The lowest BCUT2D eigenvalue weighted by atomic mass is 10.2. The minimum Gasteiger partial charge on any atom is -1.00 e. The number of hydrogen-bond acceptors (Lipinski definition) is 2. The Morgan fingerprint density at radius 1 is 1.50 bits per heavy atom. The van der Waals surface area contributed by atoms with Gasteiger partial charge in [0.05, 0.1) is 0 Å². The SMILES string of the molecule is Cc1c(C(N)=O)ccc[n+]1C(=O)O.[I-]. The molecular weight excluding hydrogens is 299 g/mol. The molecule has 6 heteroatoms. The Hall–Kier alpha value is -1.18. The molecule has 0 saturated heterocycles. The van der Waals surface area contributed by atoms with E-state index in [1.54, 1.807) is 0 Å². The van der Waals surface area contributed by atoms with Crippen LogP contribution in [0.4, 0.5) is 4.79 Å². The number of rotatable bonds is 1. The summed E-state index contributed by atoms with van der Waals surface area (Å²) in [7, 11) is 0. The normalized spacial score (nSPS) is 8.93. The zero-order valence-corrected chi connectivity index (χ0v) is 9.56. The Morgan fingerprint density at radius 2 is 2.07 bits per heavy atom. The van der Waals surface area contributed by atoms with Crippen LogP contribution in [0.25, 0.3) is 0 Å². The first kappa shape index (κ1) is 12.8. The fraction of sp³-hybridized carbons (Fsp3) is 0.125. The quantitative estimate of drug-likeness (QED) is 0.426. The first-order valence-corrected chi connectivity index (χ1v) is 3.58. The second-order valence-corrected chi connectivity index (χ2v) is 2.52. The average molecular weight is 308 g/mol. The van der Waals surface area contributed by atoms with Gasteiger partial charge in [-0.25, -0.2) is 0 Å². The van der Waals surface area contributed by atoms with E-state index >= 15 is 0 Å². The monoisotopic (exact) mass is 308 g/mol. The van der Waals surface area contributed by atoms with Gasteiger partial charge in [0.15, 0.2) is 6.20 Å². The van der Waals surface area contributed by atoms with Crippen LogP contribution in [0.2, 0.25) is 0 Å². The predicted octanol–water partition coefficient (Wildman–Crippen LogP) is -3.09. The number of halogens is 1. The summed E-state index contributed by atoms with van der Waals surface area (Å²) >= 11 is 0. The summed E-state index contributed by atoms with van der Waals surface area (Å²) in [5, 5.41) is 8.68. The molecule has 1 amide bonds. The van der Waals surface area contributed by atoms with Crippen molar-refractivity contribution in [3.8, 4) is 0 Å². The molecular formula is C8H9IN2O3. The molecule has 0 aliphatic heterocycles. The molecule has 0 unspecified atom stereocenters. The molecule has 3 N–H and O–H groups in total. The highest BCUT2D eigenvalue weighted by atomic mass is 127. The molecule has 0 saturated carbocycles. The Morgan fingerprint density at radius 3 is 2.50 bits per heavy atom. The molecule has 1 aromatic heterocycles. The van der Waals surface area contributed by atoms with Gasteiger partial charge in [-0.3, -0.25) is 4.79 Å². The van der Waals surface area contributed by atoms with E-state index < -0.39 is 12.0 Å². The zero-order valence-electron chi connectivity index (χ0n) is 7.40. The second-order valence-electron chi connectivity index (χ2n) is 2.52. The van der Waals surface area contributed by atoms with Crippen LogP contribution in [0.15, 0.2) is 18.3 Å². The van der Waals surface area contributed by atoms with Crippen molar-refractivity contribution in [2.24, 2.45) is 5.73 Å². The van der Waals surface area contributed by atoms with E-state index in [1.807, 2.05) is 0 Å². The maximum absolute atomic E-state index is 10.8. The molecule has 0 aromatic carbocycles. The molecule has 0 aliphatic carbocycles. The molecule has 0 aliphatic rings. The fourth-order valence-electron chi connectivity index (χ4n) is 1.06. The molecule has 1 heterocycles. The van der Waals surface area contributed by atoms with E-state index in [2.05, 4.69) is 0 Å². The van der Waals surface area contributed by atoms with Gasteiger partial charge in [0.1, 0.15) is 5.56 Å². The molecule has 0 bridgehead atoms. The summed E-state index contributed by atoms with van der Waals surface area (Å²) in [6, 6.07) is 2.94. The first-order valence-electron chi connectivity index (χ1n) is 3.58. The third-order valence-electron chi connectivity index (χ3n) is 1.72. The van der Waals surface area contributed by atoms with Gasteiger partial charge < -0.3 is 34.8 Å². The standard InChI is InChI=1S/C8H8N2O3.HI/c1-5-6(7(9)11)3-2-4-10(5)8(12)13;/h2-4H,1H3,(H2-,9,11,12,13);1H. The van der Waals surface area contributed by atoms with Crippen LogP contribution in [-0.2, 0) is 0 Å². The van der Waals surface area contributed by atoms with Crippen LogP contribution in [0, 0.1) is 6.92 Å². The van der Waals surface area contributed by atoms with Crippen LogP contribution in [0.1, 0.15) is 16.1 Å². The number of carbonyl (C=O) groups excluding carboxylic acids is 1. The van der Waals surface area contributed by atoms with E-state index in [0.717, 1.165) is 4.57 Å². The van der Waals surface area contributed by atoms with E-state index in [4.69, 9.17) is 10.8 Å². The van der Waals surface area contributed by atoms with E-state index in [9.17, 15) is 9.59 Å². The first-order chi connectivity index (χ1) is 6.04. The van der Waals surface area contributed by atoms with Crippen LogP contribution in [0.5, 0.6) is 0 Å². The molecule has 0 atom stereocenters. The van der Waals surface area contributed by atoms with Crippen molar-refractivity contribution in [3.63, 3.8) is 0 Å². The third kappa shape index (κ3) is 2.41. The highest BCUT2D eigenvalue weighted by molar-refractivity contribution is 5.93. The van der Waals surface area contributed by atoms with E-state index in [0.29, 0.717) is 5.69 Å². The maximum Gasteiger partial charge on any atom is 0.599 e. The highest BCUT2D eigenvalue weighted by Crippen LogP contribution is 2.00. The average Bonchev–Trinajstić information content (AvgIpc) is 2.03. The summed E-state index contributed by atoms with van der Waals surface area (Å²) in [5.41, 5.74) is 5.57. The van der Waals surface area contributed by atoms with Crippen molar-refractivity contribution < 1.29 is 43.2 Å². The van der Waals surface area contributed by atoms with Gasteiger partial charge in [-0.05, 0) is 6.07 Å². The summed E-state index contributed by atoms with van der Waals surface area (Å²) in [6.07, 6.45) is 0.213. The van der Waals surface area contributed by atoms with Gasteiger partial charge in [0, 0.05) is 13.0 Å². The molecule has 0 radical (unpaired) electrons. The number of nitrogens with zero attached hydrogens (tertiary/aromatic N) is 1. The molecule has 76 valence electrons. The number of hydrogen-bond donors (Lipinski definition) is 2. The molecule has 0 spiro atoms. The van der Waals surface area contributed by atoms with Crippen molar-refractivity contribution in [2.75, 3.05) is 0 Å². The zero-order chi connectivity index (χ0) is 10.0. The predicted molar refractivity (Wildman–Crippen MR) is 43.3 cm³/mol. The van der Waals surface area contributed by atoms with Crippen molar-refractivity contribution >= 4 is 12.0 Å². The second kappa shape index (κ2) is 4.89. The number of amides is 1. The summed E-state index contributed by atoms with van der Waals surface area (Å²) in [4.78, 5) is 21.4. The molecule has 5 nitrogen and oxygen atoms in total. The van der Waals surface area contributed by atoms with Crippen LogP contribution < -0.4 is 34.3 Å². The van der Waals surface area contributed by atoms with Crippen molar-refractivity contribution in [1.82, 2.24) is 0 Å². The molecule has 14 heavy (non-hydrogen) atoms. The number of carboxylic acid groups (broad SMARTS) is 1. The lowest BCUT2D eigenvalue weighted by Crippen LogP contribution is -3.00. The van der Waals surface area contributed by atoms with Gasteiger partial charge in [-0.2, -0.15) is 4.79 Å². The topological polar surface area (TPSA) is 84.3 Å². The molecule has 0 fully saturated rings. The Labute approximate surface area is 97.6 Å². The van der Waals surface area contributed by atoms with Crippen LogP contribution in [-0.4, -0.2) is 17.1 Å². The van der Waals surface area contributed by atoms with Gasteiger partial charge in [0.2, 0.25) is 5.69 Å². The van der Waals surface area contributed by atoms with Crippen molar-refractivity contribution in [2.45, 2.75) is 6.92 Å². The van der Waals surface area contributed by atoms with Gasteiger partial charge >= 0.3 is 6.09 Å². The largest absolute Gasteiger partial charge is 1.00 e. The lowest BCUT2D eigenvalue weighted by molar-refractivity contribution is -0.591. The lowest BCUT2D eigenvalue weighted by Gasteiger charge is -1.97. The van der Waals surface area contributed by atoms with Crippen molar-refractivity contribution in [3.05, 3.63) is 29.6 Å². The third-order valence-corrected chi connectivity index (χ3v) is 1.72. The smallest absolute Gasteiger partial charge is 0.599 e. The number of aromatic nitrogens is 1. The minimum atomic E-state index is -1.14. The number of nitrogens with two attached hydrogens (primary N) is 1. The summed E-state index contributed by atoms with van der Waals surface area (Å²) in [6.45, 7) is 1.52. The summed E-state index contributed by atoms with van der Waals surface area (Å²) in [5.74, 6) is -0.631. The van der Waals surface area contributed by atoms with E-state index in [1.165, 1.54) is 25.3 Å². The number of carbonyl (C=O) groups is 2. The Kier molecular flexibility index (Phi) is 4.48.